The maximum atomic E-state index is 5.49. The number of amidine groups is 1. The van der Waals surface area contributed by atoms with Gasteiger partial charge in [-0.25, -0.2) is 4.99 Å². The van der Waals surface area contributed by atoms with Crippen molar-refractivity contribution < 1.29 is 9.47 Å². The molecule has 0 fully saturated rings. The summed E-state index contributed by atoms with van der Waals surface area (Å²) in [6.45, 7) is 1.72. The molecule has 0 saturated carbocycles. The summed E-state index contributed by atoms with van der Waals surface area (Å²) in [5, 5.41) is 0. The van der Waals surface area contributed by atoms with E-state index in [-0.39, 0.29) is 0 Å². The highest BCUT2D eigenvalue weighted by atomic mass is 16.5. The summed E-state index contributed by atoms with van der Waals surface area (Å²) in [6.07, 6.45) is 0. The number of nitrogens with two attached hydrogens (primary N) is 1. The van der Waals surface area contributed by atoms with E-state index in [1.165, 1.54) is 0 Å². The van der Waals surface area contributed by atoms with Crippen LogP contribution in [0.2, 0.25) is 0 Å². The van der Waals surface area contributed by atoms with E-state index in [1.807, 2.05) is 6.07 Å². The molecule has 4 nitrogen and oxygen atoms in total. The van der Waals surface area contributed by atoms with Crippen LogP contribution in [0, 0.1) is 0 Å². The Kier molecular flexibility index (Phi) is 3.34. The van der Waals surface area contributed by atoms with Gasteiger partial charge in [0.05, 0.1) is 20.1 Å². The second-order valence-electron chi connectivity index (χ2n) is 2.79. The topological polar surface area (TPSA) is 56.8 Å². The summed E-state index contributed by atoms with van der Waals surface area (Å²) in [4.78, 5) is 4.13. The highest BCUT2D eigenvalue weighted by molar-refractivity contribution is 5.81. The Labute approximate surface area is 83.4 Å². The fourth-order valence-corrected chi connectivity index (χ4v) is 1.07. The summed E-state index contributed by atoms with van der Waals surface area (Å²) >= 11 is 0. The standard InChI is InChI=1S/C10H14N2O2/c1-7(11)12-9-6-8(13-2)4-5-10(9)14-3/h4-6H,1-3H3,(H2,11,12). The predicted molar refractivity (Wildman–Crippen MR) is 56.5 cm³/mol. The second-order valence-corrected chi connectivity index (χ2v) is 2.79. The van der Waals surface area contributed by atoms with Crippen molar-refractivity contribution in [1.29, 1.82) is 0 Å². The van der Waals surface area contributed by atoms with Crippen LogP contribution in [0.5, 0.6) is 11.5 Å². The monoisotopic (exact) mass is 194 g/mol. The fourth-order valence-electron chi connectivity index (χ4n) is 1.07. The number of benzene rings is 1. The van der Waals surface area contributed by atoms with Crippen LogP contribution in [-0.2, 0) is 0 Å². The number of hydrogen-bond donors (Lipinski definition) is 1. The van der Waals surface area contributed by atoms with Crippen LogP contribution in [0.4, 0.5) is 5.69 Å². The quantitative estimate of drug-likeness (QED) is 0.588. The first kappa shape index (κ1) is 10.4. The fraction of sp³-hybridized carbons (Fsp3) is 0.300. The largest absolute Gasteiger partial charge is 0.497 e. The van der Waals surface area contributed by atoms with Gasteiger partial charge >= 0.3 is 0 Å². The third kappa shape index (κ3) is 2.39. The van der Waals surface area contributed by atoms with Crippen molar-refractivity contribution >= 4 is 11.5 Å². The maximum Gasteiger partial charge on any atom is 0.144 e. The van der Waals surface area contributed by atoms with E-state index in [0.29, 0.717) is 17.3 Å². The van der Waals surface area contributed by atoms with Crippen molar-refractivity contribution in [1.82, 2.24) is 0 Å². The minimum atomic E-state index is 0.483. The third-order valence-corrected chi connectivity index (χ3v) is 1.68. The van der Waals surface area contributed by atoms with Crippen molar-refractivity contribution in [2.24, 2.45) is 10.7 Å². The molecule has 0 spiro atoms. The average molecular weight is 194 g/mol. The Morgan fingerprint density at radius 1 is 1.29 bits per heavy atom. The lowest BCUT2D eigenvalue weighted by molar-refractivity contribution is 0.404. The molecule has 0 bridgehead atoms. The molecule has 0 unspecified atom stereocenters. The lowest BCUT2D eigenvalue weighted by Crippen LogP contribution is -2.04. The molecular formula is C10H14N2O2. The van der Waals surface area contributed by atoms with Crippen LogP contribution >= 0.6 is 0 Å². The number of ether oxygens (including phenoxy) is 2. The smallest absolute Gasteiger partial charge is 0.144 e. The van der Waals surface area contributed by atoms with Crippen LogP contribution in [0.3, 0.4) is 0 Å². The van der Waals surface area contributed by atoms with Crippen molar-refractivity contribution in [3.05, 3.63) is 18.2 Å². The molecule has 0 aromatic heterocycles. The predicted octanol–water partition coefficient (Wildman–Crippen LogP) is 1.71. The van der Waals surface area contributed by atoms with E-state index < -0.39 is 0 Å². The Balaban J connectivity index is 3.15. The molecule has 1 rings (SSSR count). The van der Waals surface area contributed by atoms with Gasteiger partial charge in [0.2, 0.25) is 0 Å². The van der Waals surface area contributed by atoms with Gasteiger partial charge in [0, 0.05) is 6.07 Å². The van der Waals surface area contributed by atoms with Gasteiger partial charge < -0.3 is 15.2 Å². The van der Waals surface area contributed by atoms with Crippen molar-refractivity contribution in [2.75, 3.05) is 14.2 Å². The molecule has 14 heavy (non-hydrogen) atoms. The summed E-state index contributed by atoms with van der Waals surface area (Å²) in [5.74, 6) is 1.89. The van der Waals surface area contributed by atoms with Gasteiger partial charge in [0.25, 0.3) is 0 Å². The van der Waals surface area contributed by atoms with Gasteiger partial charge in [-0.1, -0.05) is 0 Å². The molecule has 4 heteroatoms. The van der Waals surface area contributed by atoms with Gasteiger partial charge in [0.1, 0.15) is 17.2 Å². The minimum absolute atomic E-state index is 0.483. The zero-order valence-electron chi connectivity index (χ0n) is 8.57. The molecule has 0 aliphatic rings. The molecule has 0 heterocycles. The minimum Gasteiger partial charge on any atom is -0.497 e. The molecule has 2 N–H and O–H groups in total. The zero-order chi connectivity index (χ0) is 10.6. The van der Waals surface area contributed by atoms with Crippen molar-refractivity contribution in [2.45, 2.75) is 6.92 Å². The zero-order valence-corrected chi connectivity index (χ0v) is 8.57. The van der Waals surface area contributed by atoms with Gasteiger partial charge in [-0.2, -0.15) is 0 Å². The summed E-state index contributed by atoms with van der Waals surface area (Å²) in [7, 11) is 3.19. The van der Waals surface area contributed by atoms with E-state index in [2.05, 4.69) is 4.99 Å². The summed E-state index contributed by atoms with van der Waals surface area (Å²) in [5.41, 5.74) is 6.17. The Morgan fingerprint density at radius 2 is 2.00 bits per heavy atom. The van der Waals surface area contributed by atoms with Crippen molar-refractivity contribution in [3.8, 4) is 11.5 Å². The Bertz CT molecular complexity index is 344. The van der Waals surface area contributed by atoms with E-state index in [1.54, 1.807) is 33.3 Å². The van der Waals surface area contributed by atoms with E-state index in [0.717, 1.165) is 5.75 Å². The number of rotatable bonds is 3. The average Bonchev–Trinajstić information content (AvgIpc) is 2.16. The van der Waals surface area contributed by atoms with Gasteiger partial charge in [-0.15, -0.1) is 0 Å². The first-order valence-corrected chi connectivity index (χ1v) is 4.20. The highest BCUT2D eigenvalue weighted by Gasteiger charge is 2.03. The maximum absolute atomic E-state index is 5.49. The van der Waals surface area contributed by atoms with Crippen LogP contribution < -0.4 is 15.2 Å². The molecular weight excluding hydrogens is 180 g/mol. The molecule has 1 aromatic rings. The van der Waals surface area contributed by atoms with Gasteiger partial charge in [0.15, 0.2) is 0 Å². The number of hydrogen-bond acceptors (Lipinski definition) is 3. The van der Waals surface area contributed by atoms with Crippen LogP contribution in [0.1, 0.15) is 6.92 Å². The number of methoxy groups -OCH3 is 2. The summed E-state index contributed by atoms with van der Waals surface area (Å²) < 4.78 is 10.2. The highest BCUT2D eigenvalue weighted by Crippen LogP contribution is 2.31. The number of aliphatic imine (C=N–C) groups is 1. The molecule has 0 amide bonds. The van der Waals surface area contributed by atoms with Gasteiger partial charge in [-0.05, 0) is 19.1 Å². The van der Waals surface area contributed by atoms with E-state index in [9.17, 15) is 0 Å². The van der Waals surface area contributed by atoms with Crippen LogP contribution in [0.15, 0.2) is 23.2 Å². The molecule has 0 aliphatic carbocycles. The first-order valence-electron chi connectivity index (χ1n) is 4.20. The van der Waals surface area contributed by atoms with Crippen LogP contribution in [-0.4, -0.2) is 20.1 Å². The molecule has 0 saturated heterocycles. The second kappa shape index (κ2) is 4.50. The Morgan fingerprint density at radius 3 is 2.50 bits per heavy atom. The summed E-state index contributed by atoms with van der Waals surface area (Å²) in [6, 6.07) is 5.37. The van der Waals surface area contributed by atoms with Crippen molar-refractivity contribution in [3.63, 3.8) is 0 Å². The van der Waals surface area contributed by atoms with Crippen LogP contribution in [0.25, 0.3) is 0 Å². The Hall–Kier alpha value is -1.71. The normalized spacial score (nSPS) is 11.2. The molecule has 0 radical (unpaired) electrons. The molecule has 0 atom stereocenters. The first-order chi connectivity index (χ1) is 6.67. The SMILES string of the molecule is COc1ccc(OC)c(N=C(C)N)c1. The number of nitrogens with zero attached hydrogens (tertiary/aromatic N) is 1. The molecule has 0 aliphatic heterocycles. The lowest BCUT2D eigenvalue weighted by Gasteiger charge is -2.06. The van der Waals surface area contributed by atoms with Gasteiger partial charge in [-0.3, -0.25) is 0 Å². The third-order valence-electron chi connectivity index (χ3n) is 1.68. The van der Waals surface area contributed by atoms with E-state index in [4.69, 9.17) is 15.2 Å². The molecule has 76 valence electrons. The lowest BCUT2D eigenvalue weighted by atomic mass is 10.3. The van der Waals surface area contributed by atoms with E-state index >= 15 is 0 Å². The molecule has 1 aromatic carbocycles.